The number of fused-ring (bicyclic) bond motifs is 1. The largest absolute Gasteiger partial charge is 0.356 e. The van der Waals surface area contributed by atoms with Gasteiger partial charge >= 0.3 is 0 Å². The maximum atomic E-state index is 11.7. The van der Waals surface area contributed by atoms with E-state index in [4.69, 9.17) is 0 Å². The van der Waals surface area contributed by atoms with Gasteiger partial charge in [0.25, 0.3) is 0 Å². The highest BCUT2D eigenvalue weighted by atomic mass is 127. The number of hydrogen-bond acceptors (Lipinski definition) is 4. The van der Waals surface area contributed by atoms with Gasteiger partial charge in [-0.05, 0) is 42.7 Å². The number of halogens is 1. The molecule has 3 rings (SSSR count). The van der Waals surface area contributed by atoms with E-state index in [-0.39, 0.29) is 24.0 Å². The monoisotopic (exact) mass is 541 g/mol. The molecular formula is C21H28IN5O2S. The number of sulfone groups is 1. The van der Waals surface area contributed by atoms with Crippen LogP contribution in [0.1, 0.15) is 23.4 Å². The van der Waals surface area contributed by atoms with Crippen molar-refractivity contribution >= 4 is 50.8 Å². The molecule has 9 heteroatoms. The van der Waals surface area contributed by atoms with Crippen molar-refractivity contribution in [3.63, 3.8) is 0 Å². The Kier molecular flexibility index (Phi) is 8.65. The van der Waals surface area contributed by atoms with Crippen LogP contribution >= 0.6 is 24.0 Å². The van der Waals surface area contributed by atoms with E-state index < -0.39 is 9.84 Å². The summed E-state index contributed by atoms with van der Waals surface area (Å²) in [7, 11) is -1.47. The van der Waals surface area contributed by atoms with Crippen molar-refractivity contribution < 1.29 is 8.42 Å². The summed E-state index contributed by atoms with van der Waals surface area (Å²) in [4.78, 5) is 12.5. The molecule has 0 aliphatic carbocycles. The van der Waals surface area contributed by atoms with Gasteiger partial charge in [0.1, 0.15) is 5.82 Å². The van der Waals surface area contributed by atoms with Gasteiger partial charge in [-0.3, -0.25) is 4.99 Å². The lowest BCUT2D eigenvalue weighted by Gasteiger charge is -2.13. The lowest BCUT2D eigenvalue weighted by Crippen LogP contribution is -2.37. The van der Waals surface area contributed by atoms with Gasteiger partial charge in [0.05, 0.1) is 15.9 Å². The number of H-pyrrole nitrogens is 1. The van der Waals surface area contributed by atoms with Crippen molar-refractivity contribution in [1.29, 1.82) is 0 Å². The van der Waals surface area contributed by atoms with E-state index in [2.05, 4.69) is 25.6 Å². The Bertz CT molecular complexity index is 1090. The molecule has 3 aromatic rings. The van der Waals surface area contributed by atoms with Crippen molar-refractivity contribution in [2.75, 3.05) is 19.8 Å². The van der Waals surface area contributed by atoms with Crippen LogP contribution in [0.2, 0.25) is 0 Å². The van der Waals surface area contributed by atoms with Gasteiger partial charge in [0, 0.05) is 32.8 Å². The fourth-order valence-corrected chi connectivity index (χ4v) is 4.19. The first-order valence-corrected chi connectivity index (χ1v) is 11.4. The summed E-state index contributed by atoms with van der Waals surface area (Å²) in [6, 6.07) is 13.4. The van der Waals surface area contributed by atoms with Crippen LogP contribution in [0.25, 0.3) is 11.0 Å². The third-order valence-corrected chi connectivity index (χ3v) is 5.90. The quantitative estimate of drug-likeness (QED) is 0.185. The van der Waals surface area contributed by atoms with Crippen molar-refractivity contribution in [1.82, 2.24) is 20.6 Å². The Morgan fingerprint density at radius 3 is 2.60 bits per heavy atom. The lowest BCUT2D eigenvalue weighted by atomic mass is 10.1. The zero-order valence-electron chi connectivity index (χ0n) is 17.4. The van der Waals surface area contributed by atoms with E-state index in [1.807, 2.05) is 43.3 Å². The van der Waals surface area contributed by atoms with E-state index in [0.29, 0.717) is 17.4 Å². The number of para-hydroxylation sites is 2. The Balaban J connectivity index is 0.00000320. The predicted molar refractivity (Wildman–Crippen MR) is 132 cm³/mol. The third kappa shape index (κ3) is 6.43. The number of nitrogens with one attached hydrogen (secondary N) is 3. The topological polar surface area (TPSA) is 99.2 Å². The van der Waals surface area contributed by atoms with E-state index in [1.165, 1.54) is 6.26 Å². The molecular weight excluding hydrogens is 513 g/mol. The Hall–Kier alpha value is -2.14. The smallest absolute Gasteiger partial charge is 0.191 e. The molecule has 2 aromatic carbocycles. The normalized spacial score (nSPS) is 11.9. The number of aryl methyl sites for hydroxylation is 2. The molecule has 0 aliphatic rings. The summed E-state index contributed by atoms with van der Waals surface area (Å²) in [5.41, 5.74) is 3.80. The molecule has 0 amide bonds. The summed E-state index contributed by atoms with van der Waals surface area (Å²) >= 11 is 0. The first kappa shape index (κ1) is 24.1. The van der Waals surface area contributed by atoms with Gasteiger partial charge in [0.15, 0.2) is 15.8 Å². The number of benzene rings is 2. The molecule has 30 heavy (non-hydrogen) atoms. The molecule has 0 spiro atoms. The molecule has 1 heterocycles. The highest BCUT2D eigenvalue weighted by Gasteiger charge is 2.11. The fourth-order valence-electron chi connectivity index (χ4n) is 3.23. The number of aromatic amines is 1. The molecule has 0 atom stereocenters. The number of aromatic nitrogens is 2. The molecule has 0 radical (unpaired) electrons. The zero-order valence-corrected chi connectivity index (χ0v) is 20.5. The molecule has 3 N–H and O–H groups in total. The van der Waals surface area contributed by atoms with Gasteiger partial charge < -0.3 is 15.6 Å². The van der Waals surface area contributed by atoms with E-state index in [1.54, 1.807) is 13.1 Å². The second kappa shape index (κ2) is 10.8. The van der Waals surface area contributed by atoms with Gasteiger partial charge in [-0.1, -0.05) is 24.3 Å². The van der Waals surface area contributed by atoms with Crippen molar-refractivity contribution in [3.8, 4) is 0 Å². The Labute approximate surface area is 194 Å². The van der Waals surface area contributed by atoms with E-state index >= 15 is 0 Å². The first-order valence-electron chi connectivity index (χ1n) is 9.54. The van der Waals surface area contributed by atoms with Crippen LogP contribution in [-0.4, -0.2) is 44.2 Å². The maximum absolute atomic E-state index is 11.7. The lowest BCUT2D eigenvalue weighted by molar-refractivity contribution is 0.601. The van der Waals surface area contributed by atoms with Crippen LogP contribution in [0.15, 0.2) is 52.4 Å². The molecule has 0 fully saturated rings. The van der Waals surface area contributed by atoms with Crippen LogP contribution < -0.4 is 10.6 Å². The van der Waals surface area contributed by atoms with Gasteiger partial charge in [-0.2, -0.15) is 0 Å². The minimum Gasteiger partial charge on any atom is -0.356 e. The number of guanidine groups is 1. The average molecular weight is 541 g/mol. The third-order valence-electron chi connectivity index (χ3n) is 4.64. The molecule has 0 saturated carbocycles. The van der Waals surface area contributed by atoms with E-state index in [9.17, 15) is 8.42 Å². The zero-order chi connectivity index (χ0) is 20.9. The van der Waals surface area contributed by atoms with Crippen LogP contribution in [0.3, 0.4) is 0 Å². The fraction of sp³-hybridized carbons (Fsp3) is 0.333. The molecule has 1 aromatic heterocycles. The molecule has 0 saturated heterocycles. The predicted octanol–water partition coefficient (Wildman–Crippen LogP) is 3.19. The van der Waals surface area contributed by atoms with Gasteiger partial charge in [-0.15, -0.1) is 24.0 Å². The SMILES string of the molecule is CN=C(NCCCc1nc2ccccc2[nH]1)NCc1ccc(S(C)(=O)=O)c(C)c1.I. The number of aliphatic imine (C=N–C) groups is 1. The highest BCUT2D eigenvalue weighted by molar-refractivity contribution is 14.0. The minimum atomic E-state index is -3.20. The number of nitrogens with zero attached hydrogens (tertiary/aromatic N) is 2. The first-order chi connectivity index (χ1) is 13.9. The molecule has 7 nitrogen and oxygen atoms in total. The number of rotatable bonds is 7. The second-order valence-corrected chi connectivity index (χ2v) is 9.01. The molecule has 162 valence electrons. The minimum absolute atomic E-state index is 0. The maximum Gasteiger partial charge on any atom is 0.191 e. The Morgan fingerprint density at radius 1 is 1.17 bits per heavy atom. The van der Waals surface area contributed by atoms with Crippen molar-refractivity contribution in [3.05, 3.63) is 59.4 Å². The second-order valence-electron chi connectivity index (χ2n) is 7.03. The Morgan fingerprint density at radius 2 is 1.93 bits per heavy atom. The summed E-state index contributed by atoms with van der Waals surface area (Å²) in [5, 5.41) is 6.55. The summed E-state index contributed by atoms with van der Waals surface area (Å²) in [5.74, 6) is 1.69. The van der Waals surface area contributed by atoms with Gasteiger partial charge in [-0.25, -0.2) is 13.4 Å². The number of imidazole rings is 1. The van der Waals surface area contributed by atoms with Crippen LogP contribution in [0, 0.1) is 6.92 Å². The van der Waals surface area contributed by atoms with Crippen molar-refractivity contribution in [2.24, 2.45) is 4.99 Å². The molecule has 0 bridgehead atoms. The van der Waals surface area contributed by atoms with Crippen LogP contribution in [0.5, 0.6) is 0 Å². The van der Waals surface area contributed by atoms with Crippen LogP contribution in [0.4, 0.5) is 0 Å². The summed E-state index contributed by atoms with van der Waals surface area (Å²) in [6.45, 7) is 3.14. The summed E-state index contributed by atoms with van der Waals surface area (Å²) < 4.78 is 23.5. The number of hydrogen-bond donors (Lipinski definition) is 3. The van der Waals surface area contributed by atoms with Gasteiger partial charge in [0.2, 0.25) is 0 Å². The molecule has 0 unspecified atom stereocenters. The summed E-state index contributed by atoms with van der Waals surface area (Å²) in [6.07, 6.45) is 3.00. The van der Waals surface area contributed by atoms with Crippen LogP contribution in [-0.2, 0) is 22.8 Å². The highest BCUT2D eigenvalue weighted by Crippen LogP contribution is 2.16. The average Bonchev–Trinajstić information content (AvgIpc) is 3.09. The van der Waals surface area contributed by atoms with Crippen molar-refractivity contribution in [2.45, 2.75) is 31.2 Å². The standard InChI is InChI=1S/C21H27N5O2S.HI/c1-15-13-16(10-11-19(15)29(3,27)28)14-24-21(22-2)23-12-6-9-20-25-17-7-4-5-8-18(17)26-20;/h4-5,7-8,10-11,13H,6,9,12,14H2,1-3H3,(H,25,26)(H2,22,23,24);1H. The molecule has 0 aliphatic heterocycles. The van der Waals surface area contributed by atoms with E-state index in [0.717, 1.165) is 47.4 Å².